The number of nitrogens with zero attached hydrogens (tertiary/aromatic N) is 1. The Bertz CT molecular complexity index is 625. The summed E-state index contributed by atoms with van der Waals surface area (Å²) in [5.74, 6) is -0.412. The second kappa shape index (κ2) is 5.71. The Balaban J connectivity index is 2.26. The number of thiazole rings is 1. The fourth-order valence-electron chi connectivity index (χ4n) is 1.57. The van der Waals surface area contributed by atoms with Crippen LogP contribution in [0.2, 0.25) is 0 Å². The Morgan fingerprint density at radius 2 is 2.16 bits per heavy atom. The predicted molar refractivity (Wildman–Crippen MR) is 80.4 cm³/mol. The third kappa shape index (κ3) is 3.13. The molecule has 0 unspecified atom stereocenters. The zero-order valence-corrected chi connectivity index (χ0v) is 13.2. The molecule has 1 aromatic heterocycles. The van der Waals surface area contributed by atoms with Crippen LogP contribution in [0.5, 0.6) is 0 Å². The maximum atomic E-state index is 11.5. The molecule has 6 heteroatoms. The zero-order valence-electron chi connectivity index (χ0n) is 10.8. The van der Waals surface area contributed by atoms with Gasteiger partial charge >= 0.3 is 5.97 Å². The van der Waals surface area contributed by atoms with Crippen LogP contribution in [0.15, 0.2) is 22.7 Å². The van der Waals surface area contributed by atoms with Crippen LogP contribution in [0.3, 0.4) is 0 Å². The van der Waals surface area contributed by atoms with Crippen molar-refractivity contribution >= 4 is 44.1 Å². The molecule has 1 N–H and O–H groups in total. The molecular formula is C13H13BrN2O2S. The highest BCUT2D eigenvalue weighted by molar-refractivity contribution is 9.10. The fraction of sp³-hybridized carbons (Fsp3) is 0.231. The van der Waals surface area contributed by atoms with Crippen LogP contribution in [0, 0.1) is 13.8 Å². The molecule has 2 rings (SSSR count). The number of aromatic nitrogens is 1. The standard InChI is InChI=1S/C13H13BrN2O2S/c1-7-4-5-10(9(14)6-7)15-13-16-11(8(2)19-13)12(17)18-3/h4-6H,1-3H3,(H,15,16). The summed E-state index contributed by atoms with van der Waals surface area (Å²) >= 11 is 4.92. The van der Waals surface area contributed by atoms with Gasteiger partial charge in [-0.2, -0.15) is 0 Å². The number of carbonyl (C=O) groups is 1. The summed E-state index contributed by atoms with van der Waals surface area (Å²) in [7, 11) is 1.35. The number of hydrogen-bond acceptors (Lipinski definition) is 5. The Kier molecular flexibility index (Phi) is 4.21. The largest absolute Gasteiger partial charge is 0.464 e. The minimum absolute atomic E-state index is 0.359. The number of esters is 1. The first-order valence-corrected chi connectivity index (χ1v) is 7.21. The van der Waals surface area contributed by atoms with Crippen molar-refractivity contribution < 1.29 is 9.53 Å². The van der Waals surface area contributed by atoms with E-state index in [2.05, 4.69) is 31.0 Å². The molecule has 0 saturated carbocycles. The lowest BCUT2D eigenvalue weighted by Crippen LogP contribution is -2.03. The quantitative estimate of drug-likeness (QED) is 0.856. The van der Waals surface area contributed by atoms with E-state index in [1.165, 1.54) is 24.0 Å². The van der Waals surface area contributed by atoms with Gasteiger partial charge < -0.3 is 10.1 Å². The molecule has 0 saturated heterocycles. The number of carbonyl (C=O) groups excluding carboxylic acids is 1. The van der Waals surface area contributed by atoms with Crippen LogP contribution < -0.4 is 5.32 Å². The topological polar surface area (TPSA) is 51.2 Å². The van der Waals surface area contributed by atoms with Gasteiger partial charge in [-0.3, -0.25) is 0 Å². The maximum Gasteiger partial charge on any atom is 0.357 e. The van der Waals surface area contributed by atoms with Crippen molar-refractivity contribution in [3.05, 3.63) is 38.8 Å². The number of ether oxygens (including phenoxy) is 1. The number of benzene rings is 1. The SMILES string of the molecule is COC(=O)c1nc(Nc2ccc(C)cc2Br)sc1C. The van der Waals surface area contributed by atoms with E-state index in [1.54, 1.807) is 0 Å². The summed E-state index contributed by atoms with van der Waals surface area (Å²) in [4.78, 5) is 16.6. The van der Waals surface area contributed by atoms with Crippen molar-refractivity contribution in [1.82, 2.24) is 4.98 Å². The van der Waals surface area contributed by atoms with Crippen LogP contribution in [0.4, 0.5) is 10.8 Å². The van der Waals surface area contributed by atoms with Gasteiger partial charge in [-0.1, -0.05) is 6.07 Å². The highest BCUT2D eigenvalue weighted by Gasteiger charge is 2.16. The number of halogens is 1. The van der Waals surface area contributed by atoms with E-state index in [9.17, 15) is 4.79 Å². The van der Waals surface area contributed by atoms with Crippen molar-refractivity contribution in [2.75, 3.05) is 12.4 Å². The highest BCUT2D eigenvalue weighted by atomic mass is 79.9. The van der Waals surface area contributed by atoms with Gasteiger partial charge in [0, 0.05) is 9.35 Å². The minimum atomic E-state index is -0.412. The number of rotatable bonds is 3. The average Bonchev–Trinajstić information content (AvgIpc) is 2.73. The summed E-state index contributed by atoms with van der Waals surface area (Å²) in [6, 6.07) is 5.99. The van der Waals surface area contributed by atoms with E-state index >= 15 is 0 Å². The van der Waals surface area contributed by atoms with Crippen LogP contribution >= 0.6 is 27.3 Å². The van der Waals surface area contributed by atoms with Crippen LogP contribution in [0.25, 0.3) is 0 Å². The molecule has 0 amide bonds. The number of hydrogen-bond donors (Lipinski definition) is 1. The Hall–Kier alpha value is -1.40. The van der Waals surface area contributed by atoms with Crippen LogP contribution in [-0.2, 0) is 4.74 Å². The summed E-state index contributed by atoms with van der Waals surface area (Å²) in [5.41, 5.74) is 2.44. The molecule has 0 aliphatic carbocycles. The molecule has 19 heavy (non-hydrogen) atoms. The average molecular weight is 341 g/mol. The molecule has 1 heterocycles. The first-order chi connectivity index (χ1) is 9.01. The molecule has 0 aliphatic heterocycles. The van der Waals surface area contributed by atoms with E-state index in [1.807, 2.05) is 32.0 Å². The van der Waals surface area contributed by atoms with Gasteiger partial charge in [-0.05, 0) is 47.5 Å². The van der Waals surface area contributed by atoms with Gasteiger partial charge in [0.15, 0.2) is 10.8 Å². The maximum absolute atomic E-state index is 11.5. The van der Waals surface area contributed by atoms with E-state index in [0.717, 1.165) is 15.0 Å². The van der Waals surface area contributed by atoms with E-state index in [-0.39, 0.29) is 0 Å². The van der Waals surface area contributed by atoms with Crippen LogP contribution in [0.1, 0.15) is 20.9 Å². The van der Waals surface area contributed by atoms with Gasteiger partial charge in [0.25, 0.3) is 0 Å². The molecule has 4 nitrogen and oxygen atoms in total. The summed E-state index contributed by atoms with van der Waals surface area (Å²) in [5, 5.41) is 3.86. The molecular weight excluding hydrogens is 328 g/mol. The highest BCUT2D eigenvalue weighted by Crippen LogP contribution is 2.30. The Morgan fingerprint density at radius 1 is 1.42 bits per heavy atom. The summed E-state index contributed by atoms with van der Waals surface area (Å²) in [6.45, 7) is 3.87. The molecule has 0 fully saturated rings. The molecule has 0 aliphatic rings. The minimum Gasteiger partial charge on any atom is -0.464 e. The van der Waals surface area contributed by atoms with E-state index in [4.69, 9.17) is 0 Å². The van der Waals surface area contributed by atoms with Crippen molar-refractivity contribution in [2.45, 2.75) is 13.8 Å². The summed E-state index contributed by atoms with van der Waals surface area (Å²) < 4.78 is 5.65. The molecule has 100 valence electrons. The smallest absolute Gasteiger partial charge is 0.357 e. The molecule has 1 aromatic carbocycles. The monoisotopic (exact) mass is 340 g/mol. The van der Waals surface area contributed by atoms with E-state index < -0.39 is 5.97 Å². The van der Waals surface area contributed by atoms with Gasteiger partial charge in [-0.25, -0.2) is 9.78 Å². The summed E-state index contributed by atoms with van der Waals surface area (Å²) in [6.07, 6.45) is 0. The van der Waals surface area contributed by atoms with Crippen molar-refractivity contribution in [2.24, 2.45) is 0 Å². The molecule has 0 spiro atoms. The first kappa shape index (κ1) is 14.0. The Labute approximate surface area is 124 Å². The normalized spacial score (nSPS) is 10.3. The molecule has 0 atom stereocenters. The lowest BCUT2D eigenvalue weighted by Gasteiger charge is -2.05. The fourth-order valence-corrected chi connectivity index (χ4v) is 2.98. The van der Waals surface area contributed by atoms with Crippen molar-refractivity contribution in [3.63, 3.8) is 0 Å². The first-order valence-electron chi connectivity index (χ1n) is 5.60. The Morgan fingerprint density at radius 3 is 2.79 bits per heavy atom. The lowest BCUT2D eigenvalue weighted by atomic mass is 10.2. The van der Waals surface area contributed by atoms with Gasteiger partial charge in [-0.15, -0.1) is 11.3 Å². The van der Waals surface area contributed by atoms with Crippen molar-refractivity contribution in [3.8, 4) is 0 Å². The number of aryl methyl sites for hydroxylation is 2. The predicted octanol–water partition coefficient (Wildman–Crippen LogP) is 4.05. The second-order valence-corrected chi connectivity index (χ2v) is 6.08. The van der Waals surface area contributed by atoms with Gasteiger partial charge in [0.1, 0.15) is 0 Å². The van der Waals surface area contributed by atoms with Gasteiger partial charge in [0.2, 0.25) is 0 Å². The number of anilines is 2. The lowest BCUT2D eigenvalue weighted by molar-refractivity contribution is 0.0594. The number of nitrogens with one attached hydrogen (secondary N) is 1. The molecule has 2 aromatic rings. The van der Waals surface area contributed by atoms with Gasteiger partial charge in [0.05, 0.1) is 12.8 Å². The number of methoxy groups -OCH3 is 1. The van der Waals surface area contributed by atoms with Crippen molar-refractivity contribution in [1.29, 1.82) is 0 Å². The third-order valence-electron chi connectivity index (χ3n) is 2.54. The molecule has 0 radical (unpaired) electrons. The zero-order chi connectivity index (χ0) is 14.0. The molecule has 0 bridgehead atoms. The third-order valence-corrected chi connectivity index (χ3v) is 4.08. The second-order valence-electron chi connectivity index (χ2n) is 4.02. The van der Waals surface area contributed by atoms with E-state index in [0.29, 0.717) is 10.8 Å². The van der Waals surface area contributed by atoms with Crippen LogP contribution in [-0.4, -0.2) is 18.1 Å².